The van der Waals surface area contributed by atoms with E-state index in [4.69, 9.17) is 29.9 Å². The fourth-order valence-corrected chi connectivity index (χ4v) is 19.5. The van der Waals surface area contributed by atoms with Gasteiger partial charge in [0.05, 0.1) is 44.8 Å². The van der Waals surface area contributed by atoms with Crippen molar-refractivity contribution in [2.45, 2.75) is 38.5 Å². The van der Waals surface area contributed by atoms with Gasteiger partial charge in [-0.3, -0.25) is 0 Å². The zero-order chi connectivity index (χ0) is 82.7. The van der Waals surface area contributed by atoms with Crippen molar-refractivity contribution in [3.63, 3.8) is 0 Å². The molecule has 0 saturated heterocycles. The van der Waals surface area contributed by atoms with Gasteiger partial charge in [-0.15, -0.1) is 0 Å². The zero-order valence-corrected chi connectivity index (χ0v) is 68.9. The van der Waals surface area contributed by atoms with Crippen LogP contribution in [0.2, 0.25) is 0 Å². The van der Waals surface area contributed by atoms with Gasteiger partial charge in [0.25, 0.3) is 0 Å². The van der Waals surface area contributed by atoms with Crippen LogP contribution in [0, 0.1) is 0 Å². The minimum atomic E-state index is -0.0730. The highest BCUT2D eigenvalue weighted by molar-refractivity contribution is 6.26. The zero-order valence-electron chi connectivity index (χ0n) is 68.9. The van der Waals surface area contributed by atoms with Gasteiger partial charge < -0.3 is 0 Å². The quantitative estimate of drug-likeness (QED) is 0.141. The van der Waals surface area contributed by atoms with E-state index in [2.05, 4.69) is 410 Å². The molecule has 0 amide bonds. The number of fused-ring (bicyclic) bond motifs is 20. The molecule has 0 bridgehead atoms. The van der Waals surface area contributed by atoms with Gasteiger partial charge in [0.1, 0.15) is 0 Å². The van der Waals surface area contributed by atoms with E-state index in [-0.39, 0.29) is 10.8 Å². The van der Waals surface area contributed by atoms with Crippen molar-refractivity contribution >= 4 is 108 Å². The van der Waals surface area contributed by atoms with Crippen molar-refractivity contribution in [2.24, 2.45) is 0 Å². The molecule has 0 N–H and O–H groups in total. The van der Waals surface area contributed by atoms with Crippen molar-refractivity contribution in [3.8, 4) is 112 Å². The third-order valence-electron chi connectivity index (χ3n) is 26.0. The first-order chi connectivity index (χ1) is 60.9. The van der Waals surface area contributed by atoms with Gasteiger partial charge in [0.2, 0.25) is 0 Å². The number of hydrogen-bond donors (Lipinski definition) is 0. The lowest BCUT2D eigenvalue weighted by atomic mass is 9.81. The molecule has 3 aromatic heterocycles. The molecule has 582 valence electrons. The molecule has 2 aliphatic carbocycles. The summed E-state index contributed by atoms with van der Waals surface area (Å²) in [4.78, 5) is 30.8. The highest BCUT2D eigenvalue weighted by atomic mass is 14.9. The molecule has 0 fully saturated rings. The molecule has 3 heterocycles. The largest absolute Gasteiger partial charge is 0.244 e. The summed E-state index contributed by atoms with van der Waals surface area (Å²) in [5.41, 5.74) is 29.2. The van der Waals surface area contributed by atoms with Crippen LogP contribution in [-0.4, -0.2) is 29.9 Å². The topological polar surface area (TPSA) is 77.3 Å². The molecule has 0 aliphatic heterocycles. The number of para-hydroxylation sites is 4. The van der Waals surface area contributed by atoms with E-state index in [1.54, 1.807) is 0 Å². The van der Waals surface area contributed by atoms with E-state index in [1.807, 2.05) is 30.3 Å². The smallest absolute Gasteiger partial charge is 0.160 e. The second kappa shape index (κ2) is 29.6. The molecular formula is C118H80N6. The maximum absolute atomic E-state index is 5.22. The van der Waals surface area contributed by atoms with Gasteiger partial charge in [0.15, 0.2) is 11.6 Å². The van der Waals surface area contributed by atoms with E-state index >= 15 is 0 Å². The van der Waals surface area contributed by atoms with E-state index < -0.39 is 0 Å². The first-order valence-corrected chi connectivity index (χ1v) is 42.7. The molecule has 0 spiro atoms. The average molecular weight is 1580 g/mol. The molecule has 25 rings (SSSR count). The van der Waals surface area contributed by atoms with Crippen LogP contribution in [0.1, 0.15) is 49.9 Å². The van der Waals surface area contributed by atoms with Crippen molar-refractivity contribution in [1.29, 1.82) is 0 Å². The average Bonchev–Trinajstić information content (AvgIpc) is 1.51. The maximum Gasteiger partial charge on any atom is 0.160 e. The Morgan fingerprint density at radius 3 is 0.944 bits per heavy atom. The van der Waals surface area contributed by atoms with Gasteiger partial charge in [-0.25, -0.2) is 29.9 Å². The number of benzene rings is 20. The molecular weight excluding hydrogens is 1500 g/mol. The summed E-state index contributed by atoms with van der Waals surface area (Å²) < 4.78 is 0. The molecule has 2 aliphatic rings. The van der Waals surface area contributed by atoms with E-state index in [1.165, 1.54) is 142 Å². The second-order valence-corrected chi connectivity index (χ2v) is 34.0. The van der Waals surface area contributed by atoms with Crippen LogP contribution in [0.4, 0.5) is 0 Å². The fourth-order valence-electron chi connectivity index (χ4n) is 19.5. The molecule has 6 nitrogen and oxygen atoms in total. The van der Waals surface area contributed by atoms with Gasteiger partial charge >= 0.3 is 0 Å². The van der Waals surface area contributed by atoms with E-state index in [9.17, 15) is 0 Å². The van der Waals surface area contributed by atoms with Crippen molar-refractivity contribution in [2.75, 3.05) is 0 Å². The first-order valence-electron chi connectivity index (χ1n) is 42.7. The van der Waals surface area contributed by atoms with Gasteiger partial charge in [0, 0.05) is 55.0 Å². The van der Waals surface area contributed by atoms with E-state index in [0.29, 0.717) is 0 Å². The van der Waals surface area contributed by atoms with Gasteiger partial charge in [-0.1, -0.05) is 380 Å². The van der Waals surface area contributed by atoms with Crippen LogP contribution < -0.4 is 0 Å². The third kappa shape index (κ3) is 12.6. The maximum atomic E-state index is 5.22. The highest BCUT2D eigenvalue weighted by Crippen LogP contribution is 2.52. The standard InChI is InChI=1S/C42H26N2.C39H28N2.C37H26N2/c1-2-10-30-25-31(22-19-27(30)9-1)28-17-20-29(21-18-28)42-43-40-16-8-7-15-38(40)41(44-42)32-23-24-37-35-13-4-3-11-33(35)34-12-5-6-14-36(34)39(37)26-32;1-39(2)34-13-7-5-11-31(34)32-22-21-30(24-35(32)39)37-33-12-6-8-14-36(33)40-38(41-37)27-18-15-26(16-19-27)29-20-17-25-9-3-4-10-28(25)23-29;1-37(2)31-12-6-5-11-29(31)30-20-18-26(22-32(30)37)36-35(38-33-13-7-8-14-34(33)39-36)25-17-19-28-24(21-25)16-15-23-9-3-4-10-27(23)28/h1-26H;3-24H,1-2H3;3-22H,1-2H3. The molecule has 0 unspecified atom stereocenters. The fraction of sp³-hybridized carbons (Fsp3) is 0.0508. The summed E-state index contributed by atoms with van der Waals surface area (Å²) in [5, 5.41) is 19.7. The Morgan fingerprint density at radius 2 is 0.452 bits per heavy atom. The normalized spacial score (nSPS) is 12.8. The number of hydrogen-bond acceptors (Lipinski definition) is 6. The first kappa shape index (κ1) is 73.4. The Labute approximate surface area is 718 Å². The number of aromatic nitrogens is 6. The molecule has 124 heavy (non-hydrogen) atoms. The molecule has 23 aromatic rings. The summed E-state index contributed by atoms with van der Waals surface area (Å²) in [6.07, 6.45) is 0. The van der Waals surface area contributed by atoms with Gasteiger partial charge in [-0.05, 0) is 203 Å². The molecule has 0 atom stereocenters. The Bertz CT molecular complexity index is 8270. The lowest BCUT2D eigenvalue weighted by Gasteiger charge is -2.22. The predicted octanol–water partition coefficient (Wildman–Crippen LogP) is 30.9. The summed E-state index contributed by atoms with van der Waals surface area (Å²) in [6.45, 7) is 9.29. The summed E-state index contributed by atoms with van der Waals surface area (Å²) in [5.74, 6) is 1.47. The monoisotopic (exact) mass is 1580 g/mol. The summed E-state index contributed by atoms with van der Waals surface area (Å²) in [6, 6.07) is 147. The molecule has 0 radical (unpaired) electrons. The van der Waals surface area contributed by atoms with Crippen molar-refractivity contribution in [3.05, 3.63) is 435 Å². The number of nitrogens with zero attached hydrogens (tertiary/aromatic N) is 6. The molecule has 0 saturated carbocycles. The predicted molar refractivity (Wildman–Crippen MR) is 520 cm³/mol. The van der Waals surface area contributed by atoms with Crippen LogP contribution in [0.25, 0.3) is 221 Å². The van der Waals surface area contributed by atoms with Crippen LogP contribution in [-0.2, 0) is 10.8 Å². The highest BCUT2D eigenvalue weighted by Gasteiger charge is 2.37. The lowest BCUT2D eigenvalue weighted by Crippen LogP contribution is -2.15. The minimum Gasteiger partial charge on any atom is -0.244 e. The van der Waals surface area contributed by atoms with E-state index in [0.717, 1.165) is 101 Å². The Morgan fingerprint density at radius 1 is 0.153 bits per heavy atom. The second-order valence-electron chi connectivity index (χ2n) is 34.0. The third-order valence-corrected chi connectivity index (χ3v) is 26.0. The summed E-state index contributed by atoms with van der Waals surface area (Å²) in [7, 11) is 0. The molecule has 6 heteroatoms. The van der Waals surface area contributed by atoms with Crippen LogP contribution in [0.15, 0.2) is 413 Å². The Balaban J connectivity index is 0.000000108. The number of rotatable bonds is 8. The Hall–Kier alpha value is -15.8. The van der Waals surface area contributed by atoms with Gasteiger partial charge in [-0.2, -0.15) is 0 Å². The minimum absolute atomic E-state index is 0.0633. The lowest BCUT2D eigenvalue weighted by molar-refractivity contribution is 0.660. The SMILES string of the molecule is CC1(C)c2ccccc2-c2ccc(-c3nc(-c4ccc(-c5ccc6ccccc6c5)cc4)nc4ccccc34)cc21.CC1(C)c2ccccc2-c2ccc(-c3nc4ccccc4nc3-c3ccc4c(ccc5ccccc54)c3)cc21.c1ccc2cc(-c3ccc(-c4nc(-c5ccc6c7ccccc7c7ccccc7c6c5)c5ccccc5n4)cc3)ccc2c1. The Kier molecular flexibility index (Phi) is 17.5. The van der Waals surface area contributed by atoms with Crippen molar-refractivity contribution < 1.29 is 0 Å². The van der Waals surface area contributed by atoms with Crippen molar-refractivity contribution in [1.82, 2.24) is 29.9 Å². The summed E-state index contributed by atoms with van der Waals surface area (Å²) >= 11 is 0. The molecule has 20 aromatic carbocycles. The van der Waals surface area contributed by atoms with Crippen LogP contribution >= 0.6 is 0 Å². The van der Waals surface area contributed by atoms with Crippen LogP contribution in [0.5, 0.6) is 0 Å². The van der Waals surface area contributed by atoms with Crippen LogP contribution in [0.3, 0.4) is 0 Å².